The Labute approximate surface area is 135 Å². The second-order valence-corrected chi connectivity index (χ2v) is 6.03. The van der Waals surface area contributed by atoms with Gasteiger partial charge in [0.1, 0.15) is 0 Å². The molecule has 0 heterocycles. The average molecular weight is 349 g/mol. The first-order valence-corrected chi connectivity index (χ1v) is 7.68. The van der Waals surface area contributed by atoms with E-state index >= 15 is 0 Å². The molecule has 0 aliphatic rings. The molecular weight excluding hydrogens is 328 g/mol. The number of hydrogen-bond donors (Lipinski definition) is 1. The maximum Gasteiger partial charge on any atom is 0.0748 e. The third kappa shape index (κ3) is 4.22. The first kappa shape index (κ1) is 15.9. The van der Waals surface area contributed by atoms with Crippen molar-refractivity contribution in [2.75, 3.05) is 38.0 Å². The van der Waals surface area contributed by atoms with Gasteiger partial charge in [-0.25, -0.2) is 0 Å². The van der Waals surface area contributed by atoms with Gasteiger partial charge >= 0.3 is 0 Å². The van der Waals surface area contributed by atoms with Crippen LogP contribution in [0.25, 0.3) is 0 Å². The highest BCUT2D eigenvalue weighted by Gasteiger charge is 2.14. The molecule has 0 aliphatic heterocycles. The van der Waals surface area contributed by atoms with E-state index in [0.29, 0.717) is 6.61 Å². The third-order valence-electron chi connectivity index (χ3n) is 3.31. The Balaban J connectivity index is 2.31. The van der Waals surface area contributed by atoms with Gasteiger partial charge in [0, 0.05) is 25.7 Å². The standard InChI is InChI=1S/C17H21BrN2O/c1-20(2)17-10-9-14(18)11-15(17)19-16(12-21-3)13-7-5-4-6-8-13/h4-11,16,19H,12H2,1-3H3. The third-order valence-corrected chi connectivity index (χ3v) is 3.80. The van der Waals surface area contributed by atoms with Crippen molar-refractivity contribution < 1.29 is 4.74 Å². The molecule has 3 nitrogen and oxygen atoms in total. The predicted octanol–water partition coefficient (Wildman–Crippen LogP) is 4.31. The highest BCUT2D eigenvalue weighted by molar-refractivity contribution is 9.10. The van der Waals surface area contributed by atoms with Crippen LogP contribution in [-0.2, 0) is 4.74 Å². The number of nitrogens with zero attached hydrogens (tertiary/aromatic N) is 1. The topological polar surface area (TPSA) is 24.5 Å². The zero-order valence-corrected chi connectivity index (χ0v) is 14.2. The van der Waals surface area contributed by atoms with Gasteiger partial charge in [-0.2, -0.15) is 0 Å². The largest absolute Gasteiger partial charge is 0.382 e. The van der Waals surface area contributed by atoms with Crippen molar-refractivity contribution >= 4 is 27.3 Å². The number of benzene rings is 2. The Hall–Kier alpha value is -1.52. The Bertz CT molecular complexity index is 572. The summed E-state index contributed by atoms with van der Waals surface area (Å²) in [4.78, 5) is 2.10. The van der Waals surface area contributed by atoms with E-state index in [-0.39, 0.29) is 6.04 Å². The van der Waals surface area contributed by atoms with Crippen LogP contribution in [0.2, 0.25) is 0 Å². The van der Waals surface area contributed by atoms with Crippen molar-refractivity contribution in [3.05, 3.63) is 58.6 Å². The highest BCUT2D eigenvalue weighted by atomic mass is 79.9. The minimum absolute atomic E-state index is 0.115. The number of halogens is 1. The quantitative estimate of drug-likeness (QED) is 0.841. The van der Waals surface area contributed by atoms with Crippen LogP contribution in [0.15, 0.2) is 53.0 Å². The van der Waals surface area contributed by atoms with E-state index in [1.807, 2.05) is 38.4 Å². The molecule has 2 aromatic carbocycles. The lowest BCUT2D eigenvalue weighted by Gasteiger charge is -2.24. The Kier molecular flexibility index (Phi) is 5.65. The van der Waals surface area contributed by atoms with Crippen LogP contribution in [0.1, 0.15) is 11.6 Å². The summed E-state index contributed by atoms with van der Waals surface area (Å²) < 4.78 is 6.43. The van der Waals surface area contributed by atoms with Crippen LogP contribution in [0, 0.1) is 0 Å². The molecule has 112 valence electrons. The molecule has 0 saturated heterocycles. The van der Waals surface area contributed by atoms with Crippen molar-refractivity contribution in [1.29, 1.82) is 0 Å². The van der Waals surface area contributed by atoms with E-state index in [1.165, 1.54) is 5.56 Å². The predicted molar refractivity (Wildman–Crippen MR) is 93.2 cm³/mol. The molecule has 4 heteroatoms. The van der Waals surface area contributed by atoms with Gasteiger partial charge < -0.3 is 15.0 Å². The first-order chi connectivity index (χ1) is 10.1. The summed E-state index contributed by atoms with van der Waals surface area (Å²) in [6.45, 7) is 0.614. The maximum absolute atomic E-state index is 5.37. The van der Waals surface area contributed by atoms with Crippen LogP contribution < -0.4 is 10.2 Å². The number of methoxy groups -OCH3 is 1. The summed E-state index contributed by atoms with van der Waals surface area (Å²) in [7, 11) is 5.82. The smallest absolute Gasteiger partial charge is 0.0748 e. The first-order valence-electron chi connectivity index (χ1n) is 6.89. The van der Waals surface area contributed by atoms with Gasteiger partial charge in [-0.3, -0.25) is 0 Å². The van der Waals surface area contributed by atoms with E-state index in [9.17, 15) is 0 Å². The monoisotopic (exact) mass is 348 g/mol. The summed E-state index contributed by atoms with van der Waals surface area (Å²) in [6.07, 6.45) is 0. The van der Waals surface area contributed by atoms with Gasteiger partial charge in [-0.15, -0.1) is 0 Å². The van der Waals surface area contributed by atoms with Crippen molar-refractivity contribution in [2.24, 2.45) is 0 Å². The lowest BCUT2D eigenvalue weighted by molar-refractivity contribution is 0.186. The second-order valence-electron chi connectivity index (χ2n) is 5.12. The fourth-order valence-corrected chi connectivity index (χ4v) is 2.64. The highest BCUT2D eigenvalue weighted by Crippen LogP contribution is 2.31. The van der Waals surface area contributed by atoms with Gasteiger partial charge in [0.25, 0.3) is 0 Å². The molecule has 0 spiro atoms. The lowest BCUT2D eigenvalue weighted by Crippen LogP contribution is -2.19. The molecular formula is C17H21BrN2O. The number of rotatable bonds is 6. The zero-order valence-electron chi connectivity index (χ0n) is 12.6. The Morgan fingerprint density at radius 3 is 2.48 bits per heavy atom. The summed E-state index contributed by atoms with van der Waals surface area (Å²) in [6, 6.07) is 16.7. The minimum atomic E-state index is 0.115. The van der Waals surface area contributed by atoms with Crippen molar-refractivity contribution in [3.8, 4) is 0 Å². The van der Waals surface area contributed by atoms with Gasteiger partial charge in [0.15, 0.2) is 0 Å². The fourth-order valence-electron chi connectivity index (χ4n) is 2.27. The Morgan fingerprint density at radius 2 is 1.86 bits per heavy atom. The van der Waals surface area contributed by atoms with E-state index < -0.39 is 0 Å². The van der Waals surface area contributed by atoms with Gasteiger partial charge in [-0.05, 0) is 23.8 Å². The molecule has 0 amide bonds. The van der Waals surface area contributed by atoms with Crippen LogP contribution in [0.3, 0.4) is 0 Å². The zero-order chi connectivity index (χ0) is 15.2. The van der Waals surface area contributed by atoms with E-state index in [1.54, 1.807) is 7.11 Å². The van der Waals surface area contributed by atoms with Crippen LogP contribution in [0.5, 0.6) is 0 Å². The van der Waals surface area contributed by atoms with Crippen LogP contribution >= 0.6 is 15.9 Å². The van der Waals surface area contributed by atoms with Crippen LogP contribution in [0.4, 0.5) is 11.4 Å². The summed E-state index contributed by atoms with van der Waals surface area (Å²) in [5, 5.41) is 3.59. The summed E-state index contributed by atoms with van der Waals surface area (Å²) >= 11 is 3.54. The van der Waals surface area contributed by atoms with E-state index in [2.05, 4.69) is 50.4 Å². The van der Waals surface area contributed by atoms with Gasteiger partial charge in [-0.1, -0.05) is 46.3 Å². The molecule has 0 radical (unpaired) electrons. The van der Waals surface area contributed by atoms with Crippen molar-refractivity contribution in [1.82, 2.24) is 0 Å². The normalized spacial score (nSPS) is 12.0. The van der Waals surface area contributed by atoms with E-state index in [4.69, 9.17) is 4.74 Å². The maximum atomic E-state index is 5.37. The number of nitrogens with one attached hydrogen (secondary N) is 1. The lowest BCUT2D eigenvalue weighted by atomic mass is 10.1. The van der Waals surface area contributed by atoms with Crippen molar-refractivity contribution in [3.63, 3.8) is 0 Å². The number of anilines is 2. The number of ether oxygens (including phenoxy) is 1. The molecule has 2 aromatic rings. The molecule has 0 aromatic heterocycles. The summed E-state index contributed by atoms with van der Waals surface area (Å²) in [5.74, 6) is 0. The molecule has 1 unspecified atom stereocenters. The molecule has 0 fully saturated rings. The average Bonchev–Trinajstić information content (AvgIpc) is 2.47. The summed E-state index contributed by atoms with van der Waals surface area (Å²) in [5.41, 5.74) is 3.44. The second kappa shape index (κ2) is 7.48. The molecule has 0 aliphatic carbocycles. The molecule has 2 rings (SSSR count). The fraction of sp³-hybridized carbons (Fsp3) is 0.294. The SMILES string of the molecule is COCC(Nc1cc(Br)ccc1N(C)C)c1ccccc1. The van der Waals surface area contributed by atoms with Crippen molar-refractivity contribution in [2.45, 2.75) is 6.04 Å². The van der Waals surface area contributed by atoms with Gasteiger partial charge in [0.05, 0.1) is 24.0 Å². The van der Waals surface area contributed by atoms with Gasteiger partial charge in [0.2, 0.25) is 0 Å². The molecule has 21 heavy (non-hydrogen) atoms. The molecule has 1 N–H and O–H groups in total. The Morgan fingerprint density at radius 1 is 1.14 bits per heavy atom. The molecule has 1 atom stereocenters. The van der Waals surface area contributed by atoms with E-state index in [0.717, 1.165) is 15.8 Å². The minimum Gasteiger partial charge on any atom is -0.382 e. The van der Waals surface area contributed by atoms with Crippen LogP contribution in [-0.4, -0.2) is 27.8 Å². The molecule has 0 saturated carbocycles. The number of hydrogen-bond acceptors (Lipinski definition) is 3. The molecule has 0 bridgehead atoms.